The number of hydrogen-bond acceptors (Lipinski definition) is 0. The first kappa shape index (κ1) is 13.5. The molecule has 0 N–H and O–H groups in total. The maximum atomic E-state index is 13.5. The van der Waals surface area contributed by atoms with Gasteiger partial charge in [-0.15, -0.1) is 11.6 Å². The average molecular weight is 332 g/mol. The van der Waals surface area contributed by atoms with Gasteiger partial charge in [0.05, 0.1) is 5.38 Å². The molecule has 18 heavy (non-hydrogen) atoms. The maximum Gasteiger partial charge on any atom is 0.162 e. The van der Waals surface area contributed by atoms with E-state index in [-0.39, 0.29) is 12.0 Å². The fraction of sp³-hybridized carbons (Fsp3) is 0.143. The van der Waals surface area contributed by atoms with E-state index in [1.54, 1.807) is 6.07 Å². The molecule has 4 heteroatoms. The van der Waals surface area contributed by atoms with Crippen molar-refractivity contribution in [3.63, 3.8) is 0 Å². The van der Waals surface area contributed by atoms with Crippen LogP contribution < -0.4 is 0 Å². The molecule has 0 aliphatic carbocycles. The second kappa shape index (κ2) is 5.81. The Morgan fingerprint density at radius 1 is 1.11 bits per heavy atom. The van der Waals surface area contributed by atoms with Crippen molar-refractivity contribution in [2.75, 3.05) is 0 Å². The first-order valence-electron chi connectivity index (χ1n) is 5.40. The minimum Gasteiger partial charge on any atom is -0.204 e. The second-order valence-corrected chi connectivity index (χ2v) is 5.38. The minimum absolute atomic E-state index is 0.252. The van der Waals surface area contributed by atoms with Crippen LogP contribution in [0.5, 0.6) is 0 Å². The van der Waals surface area contributed by atoms with E-state index in [2.05, 4.69) is 15.9 Å². The summed E-state index contributed by atoms with van der Waals surface area (Å²) in [6, 6.07) is 11.6. The van der Waals surface area contributed by atoms with E-state index in [4.69, 9.17) is 11.6 Å². The molecule has 2 rings (SSSR count). The number of benzene rings is 2. The Hall–Kier alpha value is -0.930. The van der Waals surface area contributed by atoms with Crippen LogP contribution in [0.15, 0.2) is 46.9 Å². The zero-order chi connectivity index (χ0) is 13.1. The summed E-state index contributed by atoms with van der Waals surface area (Å²) in [6.07, 6.45) is 0.252. The summed E-state index contributed by atoms with van der Waals surface area (Å²) in [5, 5.41) is -0.390. The van der Waals surface area contributed by atoms with Crippen LogP contribution in [0.1, 0.15) is 16.5 Å². The molecule has 1 unspecified atom stereocenters. The number of alkyl halides is 1. The van der Waals surface area contributed by atoms with E-state index in [1.165, 1.54) is 6.07 Å². The van der Waals surface area contributed by atoms with Crippen LogP contribution in [0, 0.1) is 11.6 Å². The van der Waals surface area contributed by atoms with Gasteiger partial charge < -0.3 is 0 Å². The molecule has 0 heterocycles. The highest BCUT2D eigenvalue weighted by atomic mass is 79.9. The highest BCUT2D eigenvalue weighted by Gasteiger charge is 2.14. The minimum atomic E-state index is -0.842. The molecule has 0 saturated heterocycles. The average Bonchev–Trinajstić information content (AvgIpc) is 2.35. The SMILES string of the molecule is Fc1cccc(CC(Cl)c2cccc(Br)c2)c1F. The lowest BCUT2D eigenvalue weighted by Crippen LogP contribution is -2.00. The van der Waals surface area contributed by atoms with Gasteiger partial charge in [0.25, 0.3) is 0 Å². The summed E-state index contributed by atoms with van der Waals surface area (Å²) in [5.74, 6) is -1.66. The van der Waals surface area contributed by atoms with Crippen LogP contribution >= 0.6 is 27.5 Å². The fourth-order valence-electron chi connectivity index (χ4n) is 1.72. The standard InChI is InChI=1S/C14H10BrClF2/c15-11-5-1-3-9(7-11)12(16)8-10-4-2-6-13(17)14(10)18/h1-7,12H,8H2. The quantitative estimate of drug-likeness (QED) is 0.674. The highest BCUT2D eigenvalue weighted by molar-refractivity contribution is 9.10. The van der Waals surface area contributed by atoms with E-state index in [1.807, 2.05) is 24.3 Å². The molecule has 0 aliphatic heterocycles. The summed E-state index contributed by atoms with van der Waals surface area (Å²) in [4.78, 5) is 0. The smallest absolute Gasteiger partial charge is 0.162 e. The number of hydrogen-bond donors (Lipinski definition) is 0. The van der Waals surface area contributed by atoms with Crippen molar-refractivity contribution in [1.82, 2.24) is 0 Å². The lowest BCUT2D eigenvalue weighted by atomic mass is 10.0. The Kier molecular flexibility index (Phi) is 4.36. The highest BCUT2D eigenvalue weighted by Crippen LogP contribution is 2.28. The third kappa shape index (κ3) is 3.09. The first-order valence-corrected chi connectivity index (χ1v) is 6.63. The van der Waals surface area contributed by atoms with Crippen molar-refractivity contribution >= 4 is 27.5 Å². The second-order valence-electron chi connectivity index (χ2n) is 3.94. The molecule has 0 nitrogen and oxygen atoms in total. The molecular formula is C14H10BrClF2. The lowest BCUT2D eigenvalue weighted by Gasteiger charge is -2.11. The molecule has 0 amide bonds. The molecule has 2 aromatic rings. The largest absolute Gasteiger partial charge is 0.204 e. The van der Waals surface area contributed by atoms with Crippen LogP contribution in [0.4, 0.5) is 8.78 Å². The molecule has 0 bridgehead atoms. The lowest BCUT2D eigenvalue weighted by molar-refractivity contribution is 0.498. The Morgan fingerprint density at radius 3 is 2.56 bits per heavy atom. The van der Waals surface area contributed by atoms with E-state index >= 15 is 0 Å². The first-order chi connectivity index (χ1) is 8.58. The van der Waals surface area contributed by atoms with Crippen molar-refractivity contribution in [2.45, 2.75) is 11.8 Å². The van der Waals surface area contributed by atoms with Gasteiger partial charge in [-0.3, -0.25) is 0 Å². The molecule has 2 aromatic carbocycles. The molecule has 0 aliphatic rings. The van der Waals surface area contributed by atoms with Crippen LogP contribution in [-0.4, -0.2) is 0 Å². The van der Waals surface area contributed by atoms with Crippen LogP contribution in [0.3, 0.4) is 0 Å². The third-order valence-electron chi connectivity index (χ3n) is 2.64. The normalized spacial score (nSPS) is 12.4. The van der Waals surface area contributed by atoms with Crippen LogP contribution in [0.2, 0.25) is 0 Å². The maximum absolute atomic E-state index is 13.5. The molecule has 0 aromatic heterocycles. The van der Waals surface area contributed by atoms with Crippen molar-refractivity contribution in [2.24, 2.45) is 0 Å². The number of rotatable bonds is 3. The molecule has 1 atom stereocenters. The summed E-state index contributed by atoms with van der Waals surface area (Å²) in [6.45, 7) is 0. The van der Waals surface area contributed by atoms with Gasteiger partial charge in [-0.25, -0.2) is 8.78 Å². The van der Waals surface area contributed by atoms with Crippen molar-refractivity contribution in [3.8, 4) is 0 Å². The predicted molar refractivity (Wildman–Crippen MR) is 72.8 cm³/mol. The zero-order valence-electron chi connectivity index (χ0n) is 9.34. The Bertz CT molecular complexity index is 557. The summed E-state index contributed by atoms with van der Waals surface area (Å²) in [5.41, 5.74) is 1.16. The Morgan fingerprint density at radius 2 is 1.83 bits per heavy atom. The van der Waals surface area contributed by atoms with Gasteiger partial charge in [0, 0.05) is 4.47 Å². The molecule has 0 spiro atoms. The van der Waals surface area contributed by atoms with E-state index < -0.39 is 17.0 Å². The molecule has 0 radical (unpaired) electrons. The van der Waals surface area contributed by atoms with E-state index in [0.717, 1.165) is 16.1 Å². The monoisotopic (exact) mass is 330 g/mol. The van der Waals surface area contributed by atoms with Gasteiger partial charge in [0.1, 0.15) is 0 Å². The summed E-state index contributed by atoms with van der Waals surface area (Å²) >= 11 is 9.58. The van der Waals surface area contributed by atoms with Crippen LogP contribution in [0.25, 0.3) is 0 Å². The van der Waals surface area contributed by atoms with E-state index in [9.17, 15) is 8.78 Å². The Balaban J connectivity index is 2.21. The zero-order valence-corrected chi connectivity index (χ0v) is 11.7. The van der Waals surface area contributed by atoms with Gasteiger partial charge >= 0.3 is 0 Å². The topological polar surface area (TPSA) is 0 Å². The van der Waals surface area contributed by atoms with Crippen LogP contribution in [-0.2, 0) is 6.42 Å². The van der Waals surface area contributed by atoms with E-state index in [0.29, 0.717) is 0 Å². The van der Waals surface area contributed by atoms with Crippen molar-refractivity contribution in [3.05, 3.63) is 69.7 Å². The molecular weight excluding hydrogens is 322 g/mol. The Labute approximate surface area is 118 Å². The molecule has 0 saturated carbocycles. The third-order valence-corrected chi connectivity index (χ3v) is 3.54. The van der Waals surface area contributed by atoms with Crippen molar-refractivity contribution < 1.29 is 8.78 Å². The molecule has 94 valence electrons. The fourth-order valence-corrected chi connectivity index (χ4v) is 2.44. The van der Waals surface area contributed by atoms with Gasteiger partial charge in [-0.05, 0) is 35.7 Å². The summed E-state index contributed by atoms with van der Waals surface area (Å²) in [7, 11) is 0. The van der Waals surface area contributed by atoms with Gasteiger partial charge in [-0.2, -0.15) is 0 Å². The molecule has 0 fully saturated rings. The summed E-state index contributed by atoms with van der Waals surface area (Å²) < 4.78 is 27.5. The predicted octanol–water partition coefficient (Wildman–Crippen LogP) is 5.25. The number of halogens is 4. The van der Waals surface area contributed by atoms with Gasteiger partial charge in [0.15, 0.2) is 11.6 Å². The van der Waals surface area contributed by atoms with Crippen molar-refractivity contribution in [1.29, 1.82) is 0 Å². The van der Waals surface area contributed by atoms with Gasteiger partial charge in [-0.1, -0.05) is 40.2 Å². The van der Waals surface area contributed by atoms with Gasteiger partial charge in [0.2, 0.25) is 0 Å².